The van der Waals surface area contributed by atoms with Gasteiger partial charge in [0.05, 0.1) is 13.2 Å². The van der Waals surface area contributed by atoms with Gasteiger partial charge in [0.2, 0.25) is 0 Å². The highest BCUT2D eigenvalue weighted by Crippen LogP contribution is 2.12. The molecule has 0 radical (unpaired) electrons. The molecule has 0 saturated carbocycles. The highest BCUT2D eigenvalue weighted by Gasteiger charge is 2.13. The van der Waals surface area contributed by atoms with Gasteiger partial charge in [0.15, 0.2) is 0 Å². The number of ether oxygens (including phenoxy) is 2. The Hall–Kier alpha value is -1.13. The Bertz CT molecular complexity index is 586. The first-order valence-corrected chi connectivity index (χ1v) is 18.4. The Morgan fingerprint density at radius 2 is 0.929 bits per heavy atom. The Labute approximate surface area is 262 Å². The summed E-state index contributed by atoms with van der Waals surface area (Å²) in [5.74, 6) is -0.207. The monoisotopic (exact) mass is 593 g/mol. The second-order valence-electron chi connectivity index (χ2n) is 12.3. The zero-order chi connectivity index (χ0) is 30.6. The molecule has 0 saturated heterocycles. The summed E-state index contributed by atoms with van der Waals surface area (Å²) in [6.07, 6.45) is 42.1. The van der Waals surface area contributed by atoms with E-state index in [2.05, 4.69) is 38.2 Å². The maximum absolute atomic E-state index is 12.1. The smallest absolute Gasteiger partial charge is 0.306 e. The van der Waals surface area contributed by atoms with Crippen molar-refractivity contribution in [2.75, 3.05) is 19.8 Å². The third kappa shape index (κ3) is 33.4. The van der Waals surface area contributed by atoms with Gasteiger partial charge >= 0.3 is 5.97 Å². The van der Waals surface area contributed by atoms with E-state index >= 15 is 0 Å². The van der Waals surface area contributed by atoms with Crippen LogP contribution in [0, 0.1) is 0 Å². The highest BCUT2D eigenvalue weighted by molar-refractivity contribution is 5.69. The van der Waals surface area contributed by atoms with E-state index in [1.165, 1.54) is 148 Å². The molecule has 4 heteroatoms. The van der Waals surface area contributed by atoms with Crippen LogP contribution in [-0.2, 0) is 14.3 Å². The van der Waals surface area contributed by atoms with Gasteiger partial charge in [-0.15, -0.1) is 0 Å². The van der Waals surface area contributed by atoms with E-state index in [0.717, 1.165) is 19.3 Å². The van der Waals surface area contributed by atoms with E-state index in [0.29, 0.717) is 19.6 Å². The average molecular weight is 593 g/mol. The number of rotatable bonds is 34. The molecule has 0 aromatic carbocycles. The first kappa shape index (κ1) is 40.9. The summed E-state index contributed by atoms with van der Waals surface area (Å²) in [4.78, 5) is 12.1. The van der Waals surface area contributed by atoms with Crippen molar-refractivity contribution in [1.82, 2.24) is 0 Å². The molecule has 4 nitrogen and oxygen atoms in total. The fraction of sp³-hybridized carbons (Fsp3) is 0.868. The standard InChI is InChI=1S/C38H72O4/c1-3-5-7-9-11-13-15-17-18-19-20-21-23-25-27-29-31-33-38(40)42-37(35-39)36-41-34-32-30-28-26-24-22-16-14-12-10-8-6-4-2/h12,14,17-18,37,39H,3-11,13,15-16,19-36H2,1-2H3/b14-12-,18-17-. The quantitative estimate of drug-likeness (QED) is 0.0459. The number of allylic oxidation sites excluding steroid dienone is 4. The van der Waals surface area contributed by atoms with Crippen LogP contribution in [0.2, 0.25) is 0 Å². The number of unbranched alkanes of at least 4 members (excludes halogenated alkanes) is 22. The fourth-order valence-corrected chi connectivity index (χ4v) is 5.20. The van der Waals surface area contributed by atoms with Crippen molar-refractivity contribution in [3.05, 3.63) is 24.3 Å². The second-order valence-corrected chi connectivity index (χ2v) is 12.3. The molecule has 0 bridgehead atoms. The molecule has 248 valence electrons. The SMILES string of the molecule is CCCCC/C=C\CCCCCCCCOCC(CO)OC(=O)CCCCCCCCC/C=C\CCCCCCCC. The van der Waals surface area contributed by atoms with Gasteiger partial charge in [0.25, 0.3) is 0 Å². The van der Waals surface area contributed by atoms with Gasteiger partial charge in [-0.05, 0) is 64.2 Å². The largest absolute Gasteiger partial charge is 0.457 e. The van der Waals surface area contributed by atoms with Crippen LogP contribution in [0.25, 0.3) is 0 Å². The second kappa shape index (κ2) is 36.1. The van der Waals surface area contributed by atoms with Crippen LogP contribution in [0.3, 0.4) is 0 Å². The predicted octanol–water partition coefficient (Wildman–Crippen LogP) is 11.6. The molecule has 0 spiro atoms. The minimum absolute atomic E-state index is 0.174. The molecule has 0 aliphatic rings. The van der Waals surface area contributed by atoms with Crippen LogP contribution in [0.1, 0.15) is 187 Å². The molecule has 1 unspecified atom stereocenters. The normalized spacial score (nSPS) is 12.5. The number of hydrogen-bond acceptors (Lipinski definition) is 4. The van der Waals surface area contributed by atoms with Gasteiger partial charge in [0.1, 0.15) is 6.10 Å². The molecule has 0 rings (SSSR count). The molecule has 42 heavy (non-hydrogen) atoms. The number of aliphatic hydroxyl groups excluding tert-OH is 1. The van der Waals surface area contributed by atoms with Crippen molar-refractivity contribution in [3.63, 3.8) is 0 Å². The van der Waals surface area contributed by atoms with Crippen LogP contribution in [0.5, 0.6) is 0 Å². The molecular weight excluding hydrogens is 520 g/mol. The minimum atomic E-state index is -0.535. The van der Waals surface area contributed by atoms with Crippen molar-refractivity contribution in [2.45, 2.75) is 193 Å². The maximum Gasteiger partial charge on any atom is 0.306 e. The van der Waals surface area contributed by atoms with Crippen LogP contribution in [-0.4, -0.2) is 37.0 Å². The van der Waals surface area contributed by atoms with Gasteiger partial charge in [-0.3, -0.25) is 4.79 Å². The third-order valence-corrected chi connectivity index (χ3v) is 8.00. The zero-order valence-electron chi connectivity index (χ0n) is 28.3. The lowest BCUT2D eigenvalue weighted by molar-refractivity contribution is -0.154. The van der Waals surface area contributed by atoms with E-state index in [4.69, 9.17) is 9.47 Å². The van der Waals surface area contributed by atoms with Gasteiger partial charge in [-0.25, -0.2) is 0 Å². The lowest BCUT2D eigenvalue weighted by atomic mass is 10.1. The molecule has 1 atom stereocenters. The number of carbonyl (C=O) groups excluding carboxylic acids is 1. The summed E-state index contributed by atoms with van der Waals surface area (Å²) in [6, 6.07) is 0. The van der Waals surface area contributed by atoms with Gasteiger partial charge in [-0.2, -0.15) is 0 Å². The zero-order valence-corrected chi connectivity index (χ0v) is 28.3. The Morgan fingerprint density at radius 1 is 0.548 bits per heavy atom. The number of hydrogen-bond donors (Lipinski definition) is 1. The molecule has 0 amide bonds. The summed E-state index contributed by atoms with van der Waals surface area (Å²) in [5.41, 5.74) is 0. The maximum atomic E-state index is 12.1. The van der Waals surface area contributed by atoms with E-state index in [-0.39, 0.29) is 12.6 Å². The van der Waals surface area contributed by atoms with Crippen molar-refractivity contribution < 1.29 is 19.4 Å². The number of aliphatic hydroxyl groups is 1. The van der Waals surface area contributed by atoms with Crippen LogP contribution >= 0.6 is 0 Å². The van der Waals surface area contributed by atoms with Crippen LogP contribution in [0.15, 0.2) is 24.3 Å². The molecule has 1 N–H and O–H groups in total. The fourth-order valence-electron chi connectivity index (χ4n) is 5.20. The van der Waals surface area contributed by atoms with E-state index < -0.39 is 6.10 Å². The summed E-state index contributed by atoms with van der Waals surface area (Å²) >= 11 is 0. The molecule has 0 fully saturated rings. The number of carbonyl (C=O) groups is 1. The van der Waals surface area contributed by atoms with E-state index in [9.17, 15) is 9.90 Å². The predicted molar refractivity (Wildman–Crippen MR) is 182 cm³/mol. The lowest BCUT2D eigenvalue weighted by Crippen LogP contribution is -2.27. The van der Waals surface area contributed by atoms with Gasteiger partial charge in [0, 0.05) is 13.0 Å². The topological polar surface area (TPSA) is 55.8 Å². The summed E-state index contributed by atoms with van der Waals surface area (Å²) in [6.45, 7) is 5.31. The van der Waals surface area contributed by atoms with Crippen molar-refractivity contribution in [2.24, 2.45) is 0 Å². The summed E-state index contributed by atoms with van der Waals surface area (Å²) in [7, 11) is 0. The Balaban J connectivity index is 3.44. The highest BCUT2D eigenvalue weighted by atomic mass is 16.6. The van der Waals surface area contributed by atoms with E-state index in [1.54, 1.807) is 0 Å². The molecule has 0 heterocycles. The van der Waals surface area contributed by atoms with Crippen LogP contribution < -0.4 is 0 Å². The summed E-state index contributed by atoms with van der Waals surface area (Å²) in [5, 5.41) is 9.54. The third-order valence-electron chi connectivity index (χ3n) is 8.00. The molecular formula is C38H72O4. The Kier molecular flexibility index (Phi) is 35.1. The van der Waals surface area contributed by atoms with Crippen molar-refractivity contribution in [3.8, 4) is 0 Å². The molecule has 0 aliphatic heterocycles. The average Bonchev–Trinajstić information content (AvgIpc) is 3.00. The van der Waals surface area contributed by atoms with Gasteiger partial charge < -0.3 is 14.6 Å². The first-order valence-electron chi connectivity index (χ1n) is 18.4. The Morgan fingerprint density at radius 3 is 1.40 bits per heavy atom. The minimum Gasteiger partial charge on any atom is -0.457 e. The van der Waals surface area contributed by atoms with Gasteiger partial charge in [-0.1, -0.05) is 141 Å². The molecule has 0 aromatic rings. The van der Waals surface area contributed by atoms with Crippen molar-refractivity contribution >= 4 is 5.97 Å². The lowest BCUT2D eigenvalue weighted by Gasteiger charge is -2.15. The molecule has 0 aromatic heterocycles. The first-order chi connectivity index (χ1) is 20.7. The number of esters is 1. The molecule has 0 aliphatic carbocycles. The summed E-state index contributed by atoms with van der Waals surface area (Å²) < 4.78 is 11.1. The van der Waals surface area contributed by atoms with E-state index in [1.807, 2.05) is 0 Å². The van der Waals surface area contributed by atoms with Crippen molar-refractivity contribution in [1.29, 1.82) is 0 Å². The van der Waals surface area contributed by atoms with Crippen LogP contribution in [0.4, 0.5) is 0 Å².